The van der Waals surface area contributed by atoms with Crippen LogP contribution in [0.2, 0.25) is 0 Å². The van der Waals surface area contributed by atoms with E-state index in [1.807, 2.05) is 24.3 Å². The normalized spacial score (nSPS) is 18.9. The minimum absolute atomic E-state index is 0.164. The highest BCUT2D eigenvalue weighted by Crippen LogP contribution is 2.32. The average molecular weight is 388 g/mol. The van der Waals surface area contributed by atoms with E-state index in [1.54, 1.807) is 11.0 Å². The number of hydrogen-bond acceptors (Lipinski definition) is 5. The number of carbonyl (C=O) groups is 3. The Morgan fingerprint density at radius 2 is 1.85 bits per heavy atom. The zero-order valence-corrected chi connectivity index (χ0v) is 16.5. The van der Waals surface area contributed by atoms with Crippen molar-refractivity contribution < 1.29 is 19.1 Å². The van der Waals surface area contributed by atoms with E-state index in [4.69, 9.17) is 4.74 Å². The van der Waals surface area contributed by atoms with Crippen molar-refractivity contribution in [2.24, 2.45) is 5.92 Å². The SMILES string of the molecule is CC(C)COc1ccc(/C=C2\SC(=O)N(CC(=O)N3CCCC3)C2=O)cc1. The maximum absolute atomic E-state index is 12.5. The largest absolute Gasteiger partial charge is 0.493 e. The standard InChI is InChI=1S/C20H24N2O4S/c1-14(2)13-26-16-7-5-15(6-8-16)11-17-19(24)22(20(25)27-17)12-18(23)21-9-3-4-10-21/h5-8,11,14H,3-4,9-10,12-13H2,1-2H3/b17-11-. The molecular weight excluding hydrogens is 364 g/mol. The van der Waals surface area contributed by atoms with Gasteiger partial charge in [-0.2, -0.15) is 0 Å². The lowest BCUT2D eigenvalue weighted by atomic mass is 10.2. The highest BCUT2D eigenvalue weighted by Gasteiger charge is 2.37. The molecule has 3 amide bonds. The van der Waals surface area contributed by atoms with Crippen LogP contribution in [0, 0.1) is 5.92 Å². The molecule has 0 spiro atoms. The summed E-state index contributed by atoms with van der Waals surface area (Å²) >= 11 is 0.876. The van der Waals surface area contributed by atoms with Crippen molar-refractivity contribution in [1.82, 2.24) is 9.80 Å². The molecule has 2 aliphatic heterocycles. The summed E-state index contributed by atoms with van der Waals surface area (Å²) in [7, 11) is 0. The van der Waals surface area contributed by atoms with Gasteiger partial charge in [0.15, 0.2) is 0 Å². The fraction of sp³-hybridized carbons (Fsp3) is 0.450. The van der Waals surface area contributed by atoms with Crippen molar-refractivity contribution in [1.29, 1.82) is 0 Å². The zero-order chi connectivity index (χ0) is 19.4. The summed E-state index contributed by atoms with van der Waals surface area (Å²) in [6.07, 6.45) is 3.63. The number of amides is 3. The lowest BCUT2D eigenvalue weighted by Crippen LogP contribution is -2.40. The number of nitrogens with zero attached hydrogens (tertiary/aromatic N) is 2. The van der Waals surface area contributed by atoms with Crippen LogP contribution < -0.4 is 4.74 Å². The third kappa shape index (κ3) is 4.91. The van der Waals surface area contributed by atoms with E-state index < -0.39 is 11.1 Å². The van der Waals surface area contributed by atoms with Crippen molar-refractivity contribution in [3.8, 4) is 5.75 Å². The highest BCUT2D eigenvalue weighted by atomic mass is 32.2. The van der Waals surface area contributed by atoms with E-state index >= 15 is 0 Å². The molecule has 0 atom stereocenters. The monoisotopic (exact) mass is 388 g/mol. The number of ether oxygens (including phenoxy) is 1. The Kier molecular flexibility index (Phi) is 6.21. The highest BCUT2D eigenvalue weighted by molar-refractivity contribution is 8.18. The van der Waals surface area contributed by atoms with E-state index in [2.05, 4.69) is 13.8 Å². The van der Waals surface area contributed by atoms with Gasteiger partial charge in [0.1, 0.15) is 12.3 Å². The first-order valence-electron chi connectivity index (χ1n) is 9.20. The molecule has 144 valence electrons. The van der Waals surface area contributed by atoms with Gasteiger partial charge in [-0.25, -0.2) is 0 Å². The molecule has 0 N–H and O–H groups in total. The molecule has 0 aromatic heterocycles. The third-order valence-corrected chi connectivity index (χ3v) is 5.29. The van der Waals surface area contributed by atoms with Crippen molar-refractivity contribution >= 4 is 34.9 Å². The van der Waals surface area contributed by atoms with Crippen LogP contribution in [-0.4, -0.2) is 53.1 Å². The molecule has 2 aliphatic rings. The van der Waals surface area contributed by atoms with Gasteiger partial charge in [-0.05, 0) is 54.3 Å². The molecule has 2 fully saturated rings. The second kappa shape index (κ2) is 8.61. The van der Waals surface area contributed by atoms with Crippen LogP contribution in [-0.2, 0) is 9.59 Å². The molecule has 6 nitrogen and oxygen atoms in total. The molecule has 1 aromatic rings. The molecule has 0 bridgehead atoms. The van der Waals surface area contributed by atoms with E-state index in [0.717, 1.165) is 40.8 Å². The maximum atomic E-state index is 12.5. The van der Waals surface area contributed by atoms with Gasteiger partial charge in [-0.1, -0.05) is 26.0 Å². The predicted octanol–water partition coefficient (Wildman–Crippen LogP) is 3.38. The van der Waals surface area contributed by atoms with E-state index in [0.29, 0.717) is 30.5 Å². The van der Waals surface area contributed by atoms with Crippen LogP contribution in [0.4, 0.5) is 4.79 Å². The summed E-state index contributed by atoms with van der Waals surface area (Å²) < 4.78 is 5.64. The quantitative estimate of drug-likeness (QED) is 0.699. The van der Waals surface area contributed by atoms with Gasteiger partial charge < -0.3 is 9.64 Å². The van der Waals surface area contributed by atoms with Crippen molar-refractivity contribution in [3.05, 3.63) is 34.7 Å². The van der Waals surface area contributed by atoms with E-state index in [-0.39, 0.29) is 12.5 Å². The Labute approximate surface area is 163 Å². The lowest BCUT2D eigenvalue weighted by molar-refractivity contribution is -0.135. The molecule has 1 aromatic carbocycles. The zero-order valence-electron chi connectivity index (χ0n) is 15.6. The minimum atomic E-state index is -0.405. The first-order valence-corrected chi connectivity index (χ1v) is 10.0. The van der Waals surface area contributed by atoms with Crippen LogP contribution in [0.25, 0.3) is 6.08 Å². The van der Waals surface area contributed by atoms with Crippen LogP contribution in [0.1, 0.15) is 32.3 Å². The van der Waals surface area contributed by atoms with Gasteiger partial charge in [0, 0.05) is 13.1 Å². The second-order valence-corrected chi connectivity index (χ2v) is 8.12. The summed E-state index contributed by atoms with van der Waals surface area (Å²) in [5.74, 6) is 0.644. The fourth-order valence-corrected chi connectivity index (χ4v) is 3.75. The molecule has 27 heavy (non-hydrogen) atoms. The van der Waals surface area contributed by atoms with Crippen molar-refractivity contribution in [2.75, 3.05) is 26.2 Å². The average Bonchev–Trinajstić information content (AvgIpc) is 3.26. The first-order chi connectivity index (χ1) is 12.9. The van der Waals surface area contributed by atoms with E-state index in [1.165, 1.54) is 0 Å². The summed E-state index contributed by atoms with van der Waals surface area (Å²) in [4.78, 5) is 40.0. The molecule has 7 heteroatoms. The number of thioether (sulfide) groups is 1. The Balaban J connectivity index is 1.64. The molecule has 0 unspecified atom stereocenters. The molecule has 0 saturated carbocycles. The molecule has 2 saturated heterocycles. The fourth-order valence-electron chi connectivity index (χ4n) is 2.91. The molecule has 0 radical (unpaired) electrons. The number of hydrogen-bond donors (Lipinski definition) is 0. The molecule has 0 aliphatic carbocycles. The topological polar surface area (TPSA) is 66.9 Å². The summed E-state index contributed by atoms with van der Waals surface area (Å²) in [6.45, 7) is 6.04. The number of benzene rings is 1. The second-order valence-electron chi connectivity index (χ2n) is 7.13. The Morgan fingerprint density at radius 3 is 2.48 bits per heavy atom. The minimum Gasteiger partial charge on any atom is -0.493 e. The Morgan fingerprint density at radius 1 is 1.19 bits per heavy atom. The summed E-state index contributed by atoms with van der Waals surface area (Å²) in [5.41, 5.74) is 0.809. The van der Waals surface area contributed by atoms with Gasteiger partial charge in [0.05, 0.1) is 11.5 Å². The Bertz CT molecular complexity index is 752. The van der Waals surface area contributed by atoms with Crippen LogP contribution in [0.5, 0.6) is 5.75 Å². The Hall–Kier alpha value is -2.28. The van der Waals surface area contributed by atoms with Crippen LogP contribution in [0.15, 0.2) is 29.2 Å². The van der Waals surface area contributed by atoms with Gasteiger partial charge in [0.2, 0.25) is 5.91 Å². The number of imide groups is 1. The number of likely N-dealkylation sites (tertiary alicyclic amines) is 1. The molecule has 3 rings (SSSR count). The lowest BCUT2D eigenvalue weighted by Gasteiger charge is -2.18. The van der Waals surface area contributed by atoms with Crippen molar-refractivity contribution in [2.45, 2.75) is 26.7 Å². The smallest absolute Gasteiger partial charge is 0.294 e. The van der Waals surface area contributed by atoms with Gasteiger partial charge in [-0.15, -0.1) is 0 Å². The van der Waals surface area contributed by atoms with Gasteiger partial charge in [-0.3, -0.25) is 19.3 Å². The third-order valence-electron chi connectivity index (χ3n) is 4.39. The number of carbonyl (C=O) groups excluding carboxylic acids is 3. The molecule has 2 heterocycles. The summed E-state index contributed by atoms with van der Waals surface area (Å²) in [6, 6.07) is 7.38. The van der Waals surface area contributed by atoms with Gasteiger partial charge >= 0.3 is 0 Å². The summed E-state index contributed by atoms with van der Waals surface area (Å²) in [5, 5.41) is -0.393. The van der Waals surface area contributed by atoms with Crippen molar-refractivity contribution in [3.63, 3.8) is 0 Å². The molecular formula is C20H24N2O4S. The van der Waals surface area contributed by atoms with Crippen LogP contribution in [0.3, 0.4) is 0 Å². The first kappa shape index (κ1) is 19.5. The predicted molar refractivity (Wildman–Crippen MR) is 105 cm³/mol. The van der Waals surface area contributed by atoms with Crippen LogP contribution >= 0.6 is 11.8 Å². The van der Waals surface area contributed by atoms with Gasteiger partial charge in [0.25, 0.3) is 11.1 Å². The maximum Gasteiger partial charge on any atom is 0.294 e. The van der Waals surface area contributed by atoms with E-state index in [9.17, 15) is 14.4 Å². The number of rotatable bonds is 6.